The number of carbonyl (C=O) groups excluding carboxylic acids is 1. The summed E-state index contributed by atoms with van der Waals surface area (Å²) < 4.78 is 10.2. The van der Waals surface area contributed by atoms with Gasteiger partial charge in [0.15, 0.2) is 11.5 Å². The number of esters is 1. The maximum Gasteiger partial charge on any atom is 0.338 e. The smallest absolute Gasteiger partial charge is 0.338 e. The molecule has 0 saturated carbocycles. The molecule has 5 heteroatoms. The normalized spacial score (nSPS) is 11.3. The Morgan fingerprint density at radius 1 is 1.19 bits per heavy atom. The highest BCUT2D eigenvalue weighted by molar-refractivity contribution is 5.96. The molecule has 0 saturated heterocycles. The maximum atomic E-state index is 12.3. The molecule has 2 N–H and O–H groups in total. The van der Waals surface area contributed by atoms with Gasteiger partial charge in [-0.3, -0.25) is 0 Å². The van der Waals surface area contributed by atoms with Gasteiger partial charge < -0.3 is 19.7 Å². The van der Waals surface area contributed by atoms with Gasteiger partial charge >= 0.3 is 5.97 Å². The quantitative estimate of drug-likeness (QED) is 0.834. The van der Waals surface area contributed by atoms with Gasteiger partial charge in [-0.05, 0) is 18.8 Å². The van der Waals surface area contributed by atoms with Gasteiger partial charge in [0, 0.05) is 11.1 Å². The minimum absolute atomic E-state index is 0.0236. The fraction of sp³-hybridized carbons (Fsp3) is 0.562. The van der Waals surface area contributed by atoms with Crippen molar-refractivity contribution in [1.29, 1.82) is 0 Å². The van der Waals surface area contributed by atoms with Crippen molar-refractivity contribution in [2.24, 2.45) is 0 Å². The van der Waals surface area contributed by atoms with Crippen LogP contribution in [0.5, 0.6) is 17.2 Å². The van der Waals surface area contributed by atoms with Gasteiger partial charge in [0.25, 0.3) is 0 Å². The van der Waals surface area contributed by atoms with E-state index in [1.807, 2.05) is 27.7 Å². The van der Waals surface area contributed by atoms with Crippen molar-refractivity contribution in [2.45, 2.75) is 46.5 Å². The Morgan fingerprint density at radius 3 is 2.19 bits per heavy atom. The molecule has 0 aliphatic carbocycles. The van der Waals surface area contributed by atoms with Gasteiger partial charge in [-0.1, -0.05) is 27.7 Å². The van der Waals surface area contributed by atoms with E-state index in [9.17, 15) is 15.0 Å². The molecule has 1 aromatic carbocycles. The number of carbonyl (C=O) groups is 1. The average Bonchev–Trinajstić information content (AvgIpc) is 2.39. The summed E-state index contributed by atoms with van der Waals surface area (Å²) in [6.07, 6.45) is 0.698. The highest BCUT2D eigenvalue weighted by atomic mass is 16.5. The Kier molecular flexibility index (Phi) is 5.10. The SMILES string of the molecule is CCCOC(=O)c1c(C)c(O)c(OC)c(O)c1C(C)(C)C. The van der Waals surface area contributed by atoms with E-state index in [0.29, 0.717) is 17.5 Å². The van der Waals surface area contributed by atoms with E-state index in [-0.39, 0.29) is 29.4 Å². The maximum absolute atomic E-state index is 12.3. The van der Waals surface area contributed by atoms with Crippen LogP contribution in [0.4, 0.5) is 0 Å². The summed E-state index contributed by atoms with van der Waals surface area (Å²) in [5, 5.41) is 20.5. The lowest BCUT2D eigenvalue weighted by atomic mass is 9.81. The van der Waals surface area contributed by atoms with Crippen LogP contribution in [0.15, 0.2) is 0 Å². The Balaban J connectivity index is 3.65. The molecule has 0 amide bonds. The number of phenols is 2. The lowest BCUT2D eigenvalue weighted by molar-refractivity contribution is 0.0500. The zero-order chi connectivity index (χ0) is 16.4. The van der Waals surface area contributed by atoms with Crippen molar-refractivity contribution in [2.75, 3.05) is 13.7 Å². The summed E-state index contributed by atoms with van der Waals surface area (Å²) in [5.74, 6) is -1.04. The summed E-state index contributed by atoms with van der Waals surface area (Å²) in [7, 11) is 1.36. The standard InChI is InChI=1S/C16H24O5/c1-7-8-21-15(19)10-9(2)12(17)14(20-6)13(18)11(10)16(3,4)5/h17-18H,7-8H2,1-6H3. The van der Waals surface area contributed by atoms with E-state index in [1.165, 1.54) is 7.11 Å². The largest absolute Gasteiger partial charge is 0.504 e. The Bertz CT molecular complexity index is 541. The van der Waals surface area contributed by atoms with Crippen molar-refractivity contribution in [3.05, 3.63) is 16.7 Å². The number of ether oxygens (including phenoxy) is 2. The van der Waals surface area contributed by atoms with Gasteiger partial charge in [0.05, 0.1) is 19.3 Å². The Labute approximate surface area is 125 Å². The van der Waals surface area contributed by atoms with Crippen LogP contribution in [0.25, 0.3) is 0 Å². The van der Waals surface area contributed by atoms with Gasteiger partial charge in [0.2, 0.25) is 5.75 Å². The number of aromatic hydroxyl groups is 2. The lowest BCUT2D eigenvalue weighted by Gasteiger charge is -2.26. The summed E-state index contributed by atoms with van der Waals surface area (Å²) >= 11 is 0. The molecule has 0 bridgehead atoms. The summed E-state index contributed by atoms with van der Waals surface area (Å²) in [5.41, 5.74) is 0.439. The molecule has 118 valence electrons. The van der Waals surface area contributed by atoms with Gasteiger partial charge in [-0.25, -0.2) is 4.79 Å². The number of methoxy groups -OCH3 is 1. The van der Waals surface area contributed by atoms with Crippen molar-refractivity contribution < 1.29 is 24.5 Å². The van der Waals surface area contributed by atoms with Crippen LogP contribution in [-0.4, -0.2) is 29.9 Å². The van der Waals surface area contributed by atoms with Crippen molar-refractivity contribution in [3.8, 4) is 17.2 Å². The van der Waals surface area contributed by atoms with Crippen molar-refractivity contribution >= 4 is 5.97 Å². The summed E-state index contributed by atoms with van der Waals surface area (Å²) in [6, 6.07) is 0. The van der Waals surface area contributed by atoms with E-state index in [4.69, 9.17) is 9.47 Å². The van der Waals surface area contributed by atoms with Crippen molar-refractivity contribution in [3.63, 3.8) is 0 Å². The molecular weight excluding hydrogens is 272 g/mol. The Hall–Kier alpha value is -1.91. The fourth-order valence-corrected chi connectivity index (χ4v) is 2.27. The second-order valence-corrected chi connectivity index (χ2v) is 5.99. The highest BCUT2D eigenvalue weighted by Crippen LogP contribution is 2.48. The third kappa shape index (κ3) is 3.23. The molecule has 0 unspecified atom stereocenters. The van der Waals surface area contributed by atoms with Crippen molar-refractivity contribution in [1.82, 2.24) is 0 Å². The van der Waals surface area contributed by atoms with Crippen LogP contribution in [0.1, 0.15) is 55.6 Å². The van der Waals surface area contributed by atoms with Gasteiger partial charge in [0.1, 0.15) is 0 Å². The third-order valence-electron chi connectivity index (χ3n) is 3.24. The molecule has 0 heterocycles. The number of hydrogen-bond donors (Lipinski definition) is 2. The second kappa shape index (κ2) is 6.24. The Morgan fingerprint density at radius 2 is 1.76 bits per heavy atom. The molecule has 0 aliphatic heterocycles. The van der Waals surface area contributed by atoms with Gasteiger partial charge in [-0.2, -0.15) is 0 Å². The lowest BCUT2D eigenvalue weighted by Crippen LogP contribution is -2.20. The molecule has 5 nitrogen and oxygen atoms in total. The minimum atomic E-state index is -0.549. The molecule has 0 aliphatic rings. The van der Waals surface area contributed by atoms with Crippen LogP contribution in [0.2, 0.25) is 0 Å². The average molecular weight is 296 g/mol. The highest BCUT2D eigenvalue weighted by Gasteiger charge is 2.33. The molecule has 0 radical (unpaired) electrons. The third-order valence-corrected chi connectivity index (χ3v) is 3.24. The topological polar surface area (TPSA) is 76.0 Å². The molecular formula is C16H24O5. The zero-order valence-electron chi connectivity index (χ0n) is 13.5. The van der Waals surface area contributed by atoms with E-state index < -0.39 is 11.4 Å². The minimum Gasteiger partial charge on any atom is -0.504 e. The molecule has 0 atom stereocenters. The second-order valence-electron chi connectivity index (χ2n) is 5.99. The van der Waals surface area contributed by atoms with Crippen LogP contribution in [0, 0.1) is 6.92 Å². The first-order chi connectivity index (χ1) is 9.66. The van der Waals surface area contributed by atoms with Gasteiger partial charge in [-0.15, -0.1) is 0 Å². The first kappa shape index (κ1) is 17.1. The first-order valence-corrected chi connectivity index (χ1v) is 6.96. The number of phenolic OH excluding ortho intramolecular Hbond substituents is 2. The fourth-order valence-electron chi connectivity index (χ4n) is 2.27. The molecule has 21 heavy (non-hydrogen) atoms. The zero-order valence-corrected chi connectivity index (χ0v) is 13.5. The molecule has 0 aromatic heterocycles. The number of rotatable bonds is 4. The molecule has 1 rings (SSSR count). The van der Waals surface area contributed by atoms with E-state index in [0.717, 1.165) is 0 Å². The van der Waals surface area contributed by atoms with Crippen LogP contribution < -0.4 is 4.74 Å². The number of benzene rings is 1. The molecule has 1 aromatic rings. The molecule has 0 spiro atoms. The van der Waals surface area contributed by atoms with Crippen LogP contribution in [0.3, 0.4) is 0 Å². The monoisotopic (exact) mass is 296 g/mol. The first-order valence-electron chi connectivity index (χ1n) is 6.96. The predicted octanol–water partition coefficient (Wildman–Crippen LogP) is 3.28. The van der Waals surface area contributed by atoms with Crippen LogP contribution >= 0.6 is 0 Å². The van der Waals surface area contributed by atoms with E-state index >= 15 is 0 Å². The van der Waals surface area contributed by atoms with Crippen LogP contribution in [-0.2, 0) is 10.2 Å². The molecule has 0 fully saturated rings. The summed E-state index contributed by atoms with van der Waals surface area (Å²) in [6.45, 7) is 9.40. The summed E-state index contributed by atoms with van der Waals surface area (Å²) in [4.78, 5) is 12.3. The predicted molar refractivity (Wildman–Crippen MR) is 80.3 cm³/mol. The number of hydrogen-bond acceptors (Lipinski definition) is 5. The van der Waals surface area contributed by atoms with E-state index in [2.05, 4.69) is 0 Å². The van der Waals surface area contributed by atoms with E-state index in [1.54, 1.807) is 6.92 Å².